The number of hydrogen-bond donors (Lipinski definition) is 0. The molecule has 0 saturated carbocycles. The van der Waals surface area contributed by atoms with Crippen LogP contribution in [-0.2, 0) is 6.42 Å². The van der Waals surface area contributed by atoms with Crippen LogP contribution in [0.3, 0.4) is 0 Å². The first-order valence-electron chi connectivity index (χ1n) is 6.78. The second kappa shape index (κ2) is 7.49. The summed E-state index contributed by atoms with van der Waals surface area (Å²) in [5.41, 5.74) is 2.86. The summed E-state index contributed by atoms with van der Waals surface area (Å²) in [6.07, 6.45) is 8.13. The zero-order valence-electron chi connectivity index (χ0n) is 11.1. The molecule has 0 saturated heterocycles. The van der Waals surface area contributed by atoms with E-state index < -0.39 is 0 Å². The van der Waals surface area contributed by atoms with Crippen LogP contribution in [0.25, 0.3) is 0 Å². The van der Waals surface area contributed by atoms with E-state index in [0.717, 1.165) is 5.92 Å². The van der Waals surface area contributed by atoms with Gasteiger partial charge in [-0.3, -0.25) is 0 Å². The van der Waals surface area contributed by atoms with Gasteiger partial charge in [-0.15, -0.1) is 0 Å². The van der Waals surface area contributed by atoms with Crippen molar-refractivity contribution in [2.75, 3.05) is 0 Å². The maximum absolute atomic E-state index is 2.36. The van der Waals surface area contributed by atoms with E-state index in [9.17, 15) is 0 Å². The SMILES string of the molecule is CCC(C)CCCCCc1ccc(C)cc1. The van der Waals surface area contributed by atoms with E-state index >= 15 is 0 Å². The number of hydrogen-bond acceptors (Lipinski definition) is 0. The average Bonchev–Trinajstić information content (AvgIpc) is 2.31. The lowest BCUT2D eigenvalue weighted by Gasteiger charge is -2.07. The van der Waals surface area contributed by atoms with Crippen molar-refractivity contribution in [2.45, 2.75) is 59.3 Å². The molecule has 0 aliphatic heterocycles. The largest absolute Gasteiger partial charge is 0.0651 e. The van der Waals surface area contributed by atoms with Gasteiger partial charge in [0.25, 0.3) is 0 Å². The second-order valence-electron chi connectivity index (χ2n) is 5.10. The van der Waals surface area contributed by atoms with Crippen molar-refractivity contribution < 1.29 is 0 Å². The predicted octanol–water partition coefficient (Wildman–Crippen LogP) is 5.14. The Kier molecular flexibility index (Phi) is 6.22. The van der Waals surface area contributed by atoms with E-state index in [2.05, 4.69) is 45.0 Å². The summed E-state index contributed by atoms with van der Waals surface area (Å²) in [6, 6.07) is 8.97. The molecule has 0 amide bonds. The number of rotatable bonds is 7. The normalized spacial score (nSPS) is 12.7. The summed E-state index contributed by atoms with van der Waals surface area (Å²) < 4.78 is 0. The summed E-state index contributed by atoms with van der Waals surface area (Å²) in [5.74, 6) is 0.916. The third-order valence-electron chi connectivity index (χ3n) is 3.48. The molecule has 1 rings (SSSR count). The summed E-state index contributed by atoms with van der Waals surface area (Å²) in [5, 5.41) is 0. The Morgan fingerprint density at radius 3 is 2.31 bits per heavy atom. The van der Waals surface area contributed by atoms with Gasteiger partial charge in [0.1, 0.15) is 0 Å². The van der Waals surface area contributed by atoms with Gasteiger partial charge in [0.15, 0.2) is 0 Å². The van der Waals surface area contributed by atoms with Crippen LogP contribution < -0.4 is 0 Å². The van der Waals surface area contributed by atoms with Gasteiger partial charge >= 0.3 is 0 Å². The molecule has 1 aromatic rings. The lowest BCUT2D eigenvalue weighted by molar-refractivity contribution is 0.478. The third kappa shape index (κ3) is 5.34. The van der Waals surface area contributed by atoms with Crippen LogP contribution >= 0.6 is 0 Å². The Balaban J connectivity index is 2.09. The van der Waals surface area contributed by atoms with Crippen LogP contribution in [0, 0.1) is 12.8 Å². The molecule has 0 aliphatic carbocycles. The molecule has 0 fully saturated rings. The molecule has 1 aromatic carbocycles. The molecule has 0 nitrogen and oxygen atoms in total. The maximum atomic E-state index is 2.36. The molecule has 0 N–H and O–H groups in total. The number of unbranched alkanes of at least 4 members (excludes halogenated alkanes) is 2. The van der Waals surface area contributed by atoms with Gasteiger partial charge in [0, 0.05) is 0 Å². The molecule has 0 radical (unpaired) electrons. The van der Waals surface area contributed by atoms with Gasteiger partial charge < -0.3 is 0 Å². The molecule has 0 bridgehead atoms. The average molecular weight is 218 g/mol. The van der Waals surface area contributed by atoms with E-state index in [-0.39, 0.29) is 0 Å². The fraction of sp³-hybridized carbons (Fsp3) is 0.625. The van der Waals surface area contributed by atoms with E-state index in [4.69, 9.17) is 0 Å². The highest BCUT2D eigenvalue weighted by Crippen LogP contribution is 2.14. The molecular weight excluding hydrogens is 192 g/mol. The minimum atomic E-state index is 0.916. The highest BCUT2D eigenvalue weighted by atomic mass is 14.0. The van der Waals surface area contributed by atoms with Gasteiger partial charge in [0.05, 0.1) is 0 Å². The fourth-order valence-electron chi connectivity index (χ4n) is 1.96. The van der Waals surface area contributed by atoms with Crippen LogP contribution in [-0.4, -0.2) is 0 Å². The Bertz CT molecular complexity index is 271. The van der Waals surface area contributed by atoms with Gasteiger partial charge in [0.2, 0.25) is 0 Å². The van der Waals surface area contributed by atoms with Crippen molar-refractivity contribution in [2.24, 2.45) is 5.92 Å². The molecular formula is C16H26. The molecule has 16 heavy (non-hydrogen) atoms. The standard InChI is InChI=1S/C16H26/c1-4-14(2)8-6-5-7-9-16-12-10-15(3)11-13-16/h10-14H,4-9H2,1-3H3. The lowest BCUT2D eigenvalue weighted by Crippen LogP contribution is -1.92. The maximum Gasteiger partial charge on any atom is -0.0279 e. The minimum Gasteiger partial charge on any atom is -0.0651 e. The van der Waals surface area contributed by atoms with Crippen molar-refractivity contribution in [1.29, 1.82) is 0 Å². The third-order valence-corrected chi connectivity index (χ3v) is 3.48. The van der Waals surface area contributed by atoms with Crippen molar-refractivity contribution in [3.05, 3.63) is 35.4 Å². The molecule has 90 valence electrons. The van der Waals surface area contributed by atoms with E-state index in [1.165, 1.54) is 49.7 Å². The minimum absolute atomic E-state index is 0.916. The monoisotopic (exact) mass is 218 g/mol. The van der Waals surface area contributed by atoms with Crippen LogP contribution in [0.15, 0.2) is 24.3 Å². The summed E-state index contributed by atoms with van der Waals surface area (Å²) in [4.78, 5) is 0. The Hall–Kier alpha value is -0.780. The summed E-state index contributed by atoms with van der Waals surface area (Å²) in [7, 11) is 0. The van der Waals surface area contributed by atoms with E-state index in [1.807, 2.05) is 0 Å². The van der Waals surface area contributed by atoms with Gasteiger partial charge in [-0.05, 0) is 31.2 Å². The van der Waals surface area contributed by atoms with Crippen molar-refractivity contribution in [3.63, 3.8) is 0 Å². The van der Waals surface area contributed by atoms with Crippen LogP contribution in [0.1, 0.15) is 57.1 Å². The van der Waals surface area contributed by atoms with Crippen LogP contribution in [0.2, 0.25) is 0 Å². The Morgan fingerprint density at radius 1 is 1.00 bits per heavy atom. The molecule has 0 spiro atoms. The fourth-order valence-corrected chi connectivity index (χ4v) is 1.96. The first kappa shape index (κ1) is 13.3. The van der Waals surface area contributed by atoms with E-state index in [1.54, 1.807) is 0 Å². The molecule has 0 aliphatic rings. The Morgan fingerprint density at radius 2 is 1.69 bits per heavy atom. The zero-order valence-corrected chi connectivity index (χ0v) is 11.1. The highest BCUT2D eigenvalue weighted by Gasteiger charge is 1.98. The van der Waals surface area contributed by atoms with Crippen molar-refractivity contribution in [3.8, 4) is 0 Å². The quantitative estimate of drug-likeness (QED) is 0.556. The van der Waals surface area contributed by atoms with Crippen molar-refractivity contribution >= 4 is 0 Å². The Labute approximate surface area is 101 Å². The first-order valence-corrected chi connectivity index (χ1v) is 6.78. The zero-order chi connectivity index (χ0) is 11.8. The van der Waals surface area contributed by atoms with Gasteiger partial charge in [-0.2, -0.15) is 0 Å². The molecule has 0 heterocycles. The topological polar surface area (TPSA) is 0 Å². The number of benzene rings is 1. The highest BCUT2D eigenvalue weighted by molar-refractivity contribution is 5.21. The smallest absolute Gasteiger partial charge is 0.0279 e. The molecule has 1 unspecified atom stereocenters. The first-order chi connectivity index (χ1) is 7.72. The van der Waals surface area contributed by atoms with Gasteiger partial charge in [-0.1, -0.05) is 69.4 Å². The lowest BCUT2D eigenvalue weighted by atomic mass is 9.99. The molecule has 0 heteroatoms. The van der Waals surface area contributed by atoms with Crippen LogP contribution in [0.5, 0.6) is 0 Å². The molecule has 0 aromatic heterocycles. The van der Waals surface area contributed by atoms with E-state index in [0.29, 0.717) is 0 Å². The number of aryl methyl sites for hydroxylation is 2. The summed E-state index contributed by atoms with van der Waals surface area (Å²) in [6.45, 7) is 6.80. The van der Waals surface area contributed by atoms with Crippen molar-refractivity contribution in [1.82, 2.24) is 0 Å². The second-order valence-corrected chi connectivity index (χ2v) is 5.10. The summed E-state index contributed by atoms with van der Waals surface area (Å²) >= 11 is 0. The van der Waals surface area contributed by atoms with Gasteiger partial charge in [-0.25, -0.2) is 0 Å². The predicted molar refractivity (Wildman–Crippen MR) is 72.8 cm³/mol. The molecule has 1 atom stereocenters. The van der Waals surface area contributed by atoms with Crippen LogP contribution in [0.4, 0.5) is 0 Å².